The maximum Gasteiger partial charge on any atom is 0.181 e. The molecule has 0 aromatic heterocycles. The summed E-state index contributed by atoms with van der Waals surface area (Å²) in [4.78, 5) is 12.2. The number of Topliss-reactive ketones (excluding diaryl/α,β-unsaturated/α-hetero) is 1. The molecule has 2 aromatic carbocycles. The summed E-state index contributed by atoms with van der Waals surface area (Å²) >= 11 is 3.41. The first-order chi connectivity index (χ1) is 8.75. The van der Waals surface area contributed by atoms with Crippen molar-refractivity contribution in [2.75, 3.05) is 0 Å². The lowest BCUT2D eigenvalue weighted by molar-refractivity contribution is 0.0988. The number of rotatable bonds is 3. The summed E-state index contributed by atoms with van der Waals surface area (Å²) in [6.45, 7) is 0. The van der Waals surface area contributed by atoms with E-state index in [1.165, 1.54) is 0 Å². The van der Waals surface area contributed by atoms with Gasteiger partial charge in [0.15, 0.2) is 5.78 Å². The Morgan fingerprint density at radius 2 is 1.67 bits per heavy atom. The Balaban J connectivity index is 1.75. The number of hydrogen-bond acceptors (Lipinski definition) is 2. The van der Waals surface area contributed by atoms with Crippen molar-refractivity contribution in [1.82, 2.24) is 5.32 Å². The third-order valence-electron chi connectivity index (χ3n) is 3.15. The molecule has 0 unspecified atom stereocenters. The summed E-state index contributed by atoms with van der Waals surface area (Å²) in [7, 11) is 0. The maximum absolute atomic E-state index is 12.2. The molecule has 0 bridgehead atoms. The smallest absolute Gasteiger partial charge is 0.181 e. The number of carbonyl (C=O) groups is 1. The normalized spacial score (nSPS) is 21.6. The Kier molecular flexibility index (Phi) is 3.02. The molecule has 2 aromatic rings. The van der Waals surface area contributed by atoms with E-state index in [0.29, 0.717) is 0 Å². The van der Waals surface area contributed by atoms with E-state index in [9.17, 15) is 4.79 Å². The van der Waals surface area contributed by atoms with Gasteiger partial charge in [-0.05, 0) is 17.7 Å². The molecule has 90 valence electrons. The van der Waals surface area contributed by atoms with Crippen LogP contribution in [-0.2, 0) is 0 Å². The van der Waals surface area contributed by atoms with Crippen LogP contribution in [0.15, 0.2) is 59.1 Å². The van der Waals surface area contributed by atoms with Gasteiger partial charge >= 0.3 is 0 Å². The number of halogens is 1. The van der Waals surface area contributed by atoms with Crippen LogP contribution in [0.25, 0.3) is 0 Å². The first-order valence-corrected chi connectivity index (χ1v) is 6.66. The van der Waals surface area contributed by atoms with Gasteiger partial charge in [-0.3, -0.25) is 10.1 Å². The molecule has 3 rings (SSSR count). The number of nitrogens with one attached hydrogen (secondary N) is 1. The average Bonchev–Trinajstić information content (AvgIpc) is 3.20. The minimum Gasteiger partial charge on any atom is -0.297 e. The predicted octanol–water partition coefficient (Wildman–Crippen LogP) is 3.34. The molecule has 0 amide bonds. The van der Waals surface area contributed by atoms with Crippen LogP contribution in [0.4, 0.5) is 0 Å². The van der Waals surface area contributed by atoms with Gasteiger partial charge in [0.05, 0.1) is 12.1 Å². The van der Waals surface area contributed by atoms with Crippen LogP contribution in [0.2, 0.25) is 0 Å². The quantitative estimate of drug-likeness (QED) is 0.697. The summed E-state index contributed by atoms with van der Waals surface area (Å²) in [6, 6.07) is 17.6. The Bertz CT molecular complexity index is 565. The van der Waals surface area contributed by atoms with Gasteiger partial charge in [-0.2, -0.15) is 0 Å². The standard InChI is InChI=1S/C15H12BrNO/c16-12-8-6-10(7-9-12)13-14(17-13)15(18)11-4-2-1-3-5-11/h1-9,13-14,17H/t13-,14+/m0/s1. The van der Waals surface area contributed by atoms with Crippen molar-refractivity contribution in [2.45, 2.75) is 12.1 Å². The van der Waals surface area contributed by atoms with Crippen molar-refractivity contribution in [3.05, 3.63) is 70.2 Å². The molecule has 0 saturated carbocycles. The molecule has 1 aliphatic heterocycles. The van der Waals surface area contributed by atoms with Crippen LogP contribution >= 0.6 is 15.9 Å². The van der Waals surface area contributed by atoms with E-state index >= 15 is 0 Å². The van der Waals surface area contributed by atoms with E-state index in [1.807, 2.05) is 54.6 Å². The van der Waals surface area contributed by atoms with Crippen LogP contribution in [0.1, 0.15) is 22.0 Å². The van der Waals surface area contributed by atoms with Crippen molar-refractivity contribution in [2.24, 2.45) is 0 Å². The lowest BCUT2D eigenvalue weighted by Crippen LogP contribution is -2.09. The fourth-order valence-corrected chi connectivity index (χ4v) is 2.37. The Morgan fingerprint density at radius 3 is 2.33 bits per heavy atom. The van der Waals surface area contributed by atoms with Crippen LogP contribution in [-0.4, -0.2) is 11.8 Å². The van der Waals surface area contributed by atoms with Gasteiger partial charge in [0.1, 0.15) is 0 Å². The van der Waals surface area contributed by atoms with Crippen molar-refractivity contribution < 1.29 is 4.79 Å². The van der Waals surface area contributed by atoms with Gasteiger partial charge < -0.3 is 0 Å². The molecule has 0 spiro atoms. The molecule has 3 heteroatoms. The minimum absolute atomic E-state index is 0.0754. The molecule has 1 fully saturated rings. The zero-order valence-corrected chi connectivity index (χ0v) is 11.2. The zero-order valence-electron chi connectivity index (χ0n) is 9.64. The highest BCUT2D eigenvalue weighted by Crippen LogP contribution is 2.32. The van der Waals surface area contributed by atoms with E-state index in [2.05, 4.69) is 21.2 Å². The van der Waals surface area contributed by atoms with Crippen molar-refractivity contribution in [3.8, 4) is 0 Å². The van der Waals surface area contributed by atoms with Crippen LogP contribution < -0.4 is 5.32 Å². The van der Waals surface area contributed by atoms with E-state index in [0.717, 1.165) is 15.6 Å². The minimum atomic E-state index is -0.0754. The monoisotopic (exact) mass is 301 g/mol. The first kappa shape index (κ1) is 11.6. The summed E-state index contributed by atoms with van der Waals surface area (Å²) < 4.78 is 1.05. The summed E-state index contributed by atoms with van der Waals surface area (Å²) in [6.07, 6.45) is 0. The van der Waals surface area contributed by atoms with Gasteiger partial charge in [-0.1, -0.05) is 58.4 Å². The van der Waals surface area contributed by atoms with E-state index in [4.69, 9.17) is 0 Å². The largest absolute Gasteiger partial charge is 0.297 e. The topological polar surface area (TPSA) is 39.0 Å². The molecule has 18 heavy (non-hydrogen) atoms. The molecule has 1 saturated heterocycles. The molecule has 0 radical (unpaired) electrons. The van der Waals surface area contributed by atoms with Crippen molar-refractivity contribution >= 4 is 21.7 Å². The lowest BCUT2D eigenvalue weighted by atomic mass is 10.0. The molecule has 1 heterocycles. The summed E-state index contributed by atoms with van der Waals surface area (Å²) in [5.41, 5.74) is 1.93. The second-order valence-electron chi connectivity index (χ2n) is 4.40. The van der Waals surface area contributed by atoms with Gasteiger partial charge in [0, 0.05) is 10.0 Å². The van der Waals surface area contributed by atoms with E-state index < -0.39 is 0 Å². The number of benzene rings is 2. The van der Waals surface area contributed by atoms with Gasteiger partial charge in [0.25, 0.3) is 0 Å². The SMILES string of the molecule is O=C(c1ccccc1)[C@@H]1N[C@H]1c1ccc(Br)cc1. The zero-order chi connectivity index (χ0) is 12.5. The highest BCUT2D eigenvalue weighted by Gasteiger charge is 2.43. The highest BCUT2D eigenvalue weighted by atomic mass is 79.9. The average molecular weight is 302 g/mol. The maximum atomic E-state index is 12.2. The van der Waals surface area contributed by atoms with Gasteiger partial charge in [-0.15, -0.1) is 0 Å². The highest BCUT2D eigenvalue weighted by molar-refractivity contribution is 9.10. The first-order valence-electron chi connectivity index (χ1n) is 5.86. The fraction of sp³-hybridized carbons (Fsp3) is 0.133. The second-order valence-corrected chi connectivity index (χ2v) is 5.32. The molecular formula is C15H12BrNO. The summed E-state index contributed by atoms with van der Waals surface area (Å²) in [5.74, 6) is 0.170. The van der Waals surface area contributed by atoms with Crippen LogP contribution in [0.3, 0.4) is 0 Å². The number of ketones is 1. The Morgan fingerprint density at radius 1 is 1.00 bits per heavy atom. The third kappa shape index (κ3) is 2.24. The molecule has 2 nitrogen and oxygen atoms in total. The number of carbonyl (C=O) groups excluding carboxylic acids is 1. The predicted molar refractivity (Wildman–Crippen MR) is 74.6 cm³/mol. The Hall–Kier alpha value is -1.45. The molecule has 2 atom stereocenters. The van der Waals surface area contributed by atoms with Crippen molar-refractivity contribution in [1.29, 1.82) is 0 Å². The molecule has 0 aliphatic carbocycles. The Labute approximate surface area is 114 Å². The molecular weight excluding hydrogens is 290 g/mol. The van der Waals surface area contributed by atoms with Crippen LogP contribution in [0.5, 0.6) is 0 Å². The summed E-state index contributed by atoms with van der Waals surface area (Å²) in [5, 5.41) is 3.24. The van der Waals surface area contributed by atoms with Crippen LogP contribution in [0, 0.1) is 0 Å². The number of hydrogen-bond donors (Lipinski definition) is 1. The van der Waals surface area contributed by atoms with E-state index in [-0.39, 0.29) is 17.9 Å². The van der Waals surface area contributed by atoms with Crippen molar-refractivity contribution in [3.63, 3.8) is 0 Å². The van der Waals surface area contributed by atoms with E-state index in [1.54, 1.807) is 0 Å². The van der Waals surface area contributed by atoms with Gasteiger partial charge in [0.2, 0.25) is 0 Å². The molecule has 1 N–H and O–H groups in total. The lowest BCUT2D eigenvalue weighted by Gasteiger charge is -1.99. The van der Waals surface area contributed by atoms with Gasteiger partial charge in [-0.25, -0.2) is 0 Å². The third-order valence-corrected chi connectivity index (χ3v) is 3.68. The second kappa shape index (κ2) is 4.67. The molecule has 1 aliphatic rings. The fourth-order valence-electron chi connectivity index (χ4n) is 2.11.